The number of likely N-dealkylation sites (tertiary alicyclic amines) is 1. The summed E-state index contributed by atoms with van der Waals surface area (Å²) in [4.78, 5) is 81.9. The van der Waals surface area contributed by atoms with Crippen molar-refractivity contribution in [2.75, 3.05) is 45.8 Å². The number of aliphatic imine (C=N–C) groups is 1. The Morgan fingerprint density at radius 3 is 2.33 bits per heavy atom. The lowest BCUT2D eigenvalue weighted by Crippen LogP contribution is -2.50. The molecule has 6 atom stereocenters. The molecule has 1 spiro atoms. The summed E-state index contributed by atoms with van der Waals surface area (Å²) in [6, 6.07) is 10.1. The molecule has 0 radical (unpaired) electrons. The van der Waals surface area contributed by atoms with Crippen LogP contribution in [0, 0.1) is 24.7 Å². The van der Waals surface area contributed by atoms with Crippen LogP contribution in [-0.4, -0.2) is 141 Å². The number of ketones is 2. The second-order valence-electron chi connectivity index (χ2n) is 21.0. The van der Waals surface area contributed by atoms with Gasteiger partial charge in [-0.1, -0.05) is 76.3 Å². The molecule has 2 aromatic carbocycles. The smallest absolute Gasteiger partial charge is 0.315 e. The fourth-order valence-electron chi connectivity index (χ4n) is 10.4. The predicted molar refractivity (Wildman–Crippen MR) is 269 cm³/mol. The Labute approximate surface area is 421 Å². The van der Waals surface area contributed by atoms with Gasteiger partial charge in [0.05, 0.1) is 41.0 Å². The Bertz CT molecular complexity index is 2610. The molecular weight excluding hydrogens is 921 g/mol. The third kappa shape index (κ3) is 11.1. The number of phenols is 1. The van der Waals surface area contributed by atoms with Gasteiger partial charge in [0.15, 0.2) is 0 Å². The van der Waals surface area contributed by atoms with E-state index < -0.39 is 77.2 Å². The lowest BCUT2D eigenvalue weighted by atomic mass is 9.82. The van der Waals surface area contributed by atoms with Crippen molar-refractivity contribution in [3.05, 3.63) is 106 Å². The molecule has 1 aliphatic carbocycles. The van der Waals surface area contributed by atoms with Crippen LogP contribution in [0.4, 0.5) is 0 Å². The third-order valence-corrected chi connectivity index (χ3v) is 14.8. The van der Waals surface area contributed by atoms with Crippen molar-refractivity contribution < 1.29 is 53.5 Å². The minimum absolute atomic E-state index is 0.0205. The number of carbonyl (C=O) groups is 5. The molecule has 2 amide bonds. The van der Waals surface area contributed by atoms with Crippen molar-refractivity contribution in [1.29, 1.82) is 0 Å². The molecule has 17 nitrogen and oxygen atoms in total. The molecule has 2 fully saturated rings. The zero-order chi connectivity index (χ0) is 51.6. The SMILES string of the molecule is C/C1=C/C=C/C(C)[C@H](O)CC(O)C[C@H](OC(=O)CC(=O)N2CCN(Cc3ccccc3)CC2)[C@H](C)C/C=C/OC2(C)Oc3c(C)c(O)c4c(c3C2=O)C2=NC3(CCN(CC(C)C)CC3)NC2=C(NC1=O)C4=O. The number of Topliss-reactive ketones (excluding diaryl/α,β-unsaturated/α-hetero) is 2. The summed E-state index contributed by atoms with van der Waals surface area (Å²) in [6.45, 7) is 17.8. The highest BCUT2D eigenvalue weighted by Crippen LogP contribution is 2.50. The van der Waals surface area contributed by atoms with Crippen molar-refractivity contribution in [1.82, 2.24) is 25.3 Å². The molecule has 0 aromatic heterocycles. The fraction of sp³-hybridized carbons (Fsp3) is 0.527. The van der Waals surface area contributed by atoms with Crippen molar-refractivity contribution in [2.45, 2.75) is 123 Å². The Morgan fingerprint density at radius 2 is 1.64 bits per heavy atom. The Morgan fingerprint density at radius 1 is 0.931 bits per heavy atom. The second kappa shape index (κ2) is 21.5. The Balaban J connectivity index is 1.06. The summed E-state index contributed by atoms with van der Waals surface area (Å²) in [6.07, 6.45) is 5.56. The topological polar surface area (TPSA) is 220 Å². The number of phenolic OH excluding ortho intramolecular Hbond substituents is 1. The number of benzene rings is 2. The minimum Gasteiger partial charge on any atom is -0.507 e. The molecule has 386 valence electrons. The van der Waals surface area contributed by atoms with Gasteiger partial charge in [-0.2, -0.15) is 0 Å². The highest BCUT2D eigenvalue weighted by atomic mass is 16.7. The molecule has 0 saturated carbocycles. The summed E-state index contributed by atoms with van der Waals surface area (Å²) < 4.78 is 18.4. The van der Waals surface area contributed by atoms with E-state index in [-0.39, 0.29) is 75.9 Å². The Kier molecular flexibility index (Phi) is 15.6. The number of carbonyl (C=O) groups excluding carboxylic acids is 5. The first kappa shape index (κ1) is 52.2. The van der Waals surface area contributed by atoms with E-state index >= 15 is 0 Å². The van der Waals surface area contributed by atoms with E-state index in [9.17, 15) is 39.3 Å². The van der Waals surface area contributed by atoms with Crippen LogP contribution in [0.15, 0.2) is 82.9 Å². The number of fused-ring (bicyclic) bond motifs is 13. The van der Waals surface area contributed by atoms with Crippen molar-refractivity contribution in [3.8, 4) is 11.5 Å². The fourth-order valence-corrected chi connectivity index (χ4v) is 10.4. The van der Waals surface area contributed by atoms with Gasteiger partial charge in [-0.25, -0.2) is 0 Å². The summed E-state index contributed by atoms with van der Waals surface area (Å²) in [5.41, 5.74) is 0.977. The van der Waals surface area contributed by atoms with Gasteiger partial charge in [-0.05, 0) is 50.2 Å². The summed E-state index contributed by atoms with van der Waals surface area (Å²) >= 11 is 0. The number of ether oxygens (including phenoxy) is 3. The molecule has 5 N–H and O–H groups in total. The zero-order valence-electron chi connectivity index (χ0n) is 42.5. The van der Waals surface area contributed by atoms with E-state index in [1.54, 1.807) is 43.1 Å². The van der Waals surface area contributed by atoms with E-state index in [0.717, 1.165) is 13.1 Å². The number of piperazine rings is 1. The van der Waals surface area contributed by atoms with Gasteiger partial charge in [-0.3, -0.25) is 33.9 Å². The zero-order valence-corrected chi connectivity index (χ0v) is 42.5. The van der Waals surface area contributed by atoms with Crippen LogP contribution in [-0.2, 0) is 30.4 Å². The maximum absolute atomic E-state index is 14.8. The normalized spacial score (nSPS) is 28.8. The standard InChI is InChI=1S/C55H70N6O11/c1-32(2)30-59-20-18-55(19-21-59)57-46-43-44-49(66)36(6)51-45(43)52(68)54(7,72-51)70-26-12-15-34(4)40(71-42(65)29-41(64)61-24-22-60(23-25-61)31-37-16-9-8-10-17-37)28-38(62)27-39(63)33(3)13-11-14-35(5)53(69)56-48(50(44)67)47(46)58-55/h8-14,16-17,26,32-34,38-40,58,62-63,66H,15,18-25,27-31H2,1-7H3,(H,56,69)/b13-11+,26-12+,35-14-/t33?,34-,38?,39-,40+,54?/m1/s1. The quantitative estimate of drug-likeness (QED) is 0.178. The van der Waals surface area contributed by atoms with E-state index in [2.05, 4.69) is 46.4 Å². The predicted octanol–water partition coefficient (Wildman–Crippen LogP) is 5.21. The molecule has 6 aliphatic heterocycles. The monoisotopic (exact) mass is 991 g/mol. The second-order valence-corrected chi connectivity index (χ2v) is 21.0. The number of amides is 2. The van der Waals surface area contributed by atoms with E-state index in [1.165, 1.54) is 25.7 Å². The molecule has 72 heavy (non-hydrogen) atoms. The van der Waals surface area contributed by atoms with Gasteiger partial charge >= 0.3 is 11.8 Å². The van der Waals surface area contributed by atoms with Crippen LogP contribution >= 0.6 is 0 Å². The van der Waals surface area contributed by atoms with Gasteiger partial charge in [0.2, 0.25) is 11.7 Å². The first-order valence-corrected chi connectivity index (χ1v) is 25.4. The molecule has 17 heteroatoms. The van der Waals surface area contributed by atoms with Gasteiger partial charge in [0.1, 0.15) is 35.4 Å². The summed E-state index contributed by atoms with van der Waals surface area (Å²) in [5.74, 6) is -5.82. The number of aromatic hydroxyl groups is 1. The minimum atomic E-state index is -1.95. The largest absolute Gasteiger partial charge is 0.507 e. The number of nitrogens with zero attached hydrogens (tertiary/aromatic N) is 4. The number of hydrogen-bond acceptors (Lipinski definition) is 15. The number of allylic oxidation sites excluding steroid dienone is 5. The average molecular weight is 991 g/mol. The number of rotatable bonds is 7. The number of piperidine rings is 1. The maximum Gasteiger partial charge on any atom is 0.315 e. The first-order chi connectivity index (χ1) is 34.3. The summed E-state index contributed by atoms with van der Waals surface area (Å²) in [7, 11) is 0. The van der Waals surface area contributed by atoms with Crippen LogP contribution < -0.4 is 15.4 Å². The highest BCUT2D eigenvalue weighted by molar-refractivity contribution is 6.34. The molecular formula is C55H70N6O11. The number of nitrogens with one attached hydrogen (secondary N) is 2. The number of hydrogen-bond donors (Lipinski definition) is 5. The van der Waals surface area contributed by atoms with Crippen molar-refractivity contribution >= 4 is 35.1 Å². The number of aliphatic hydroxyl groups is 2. The molecule has 2 saturated heterocycles. The molecule has 5 bridgehead atoms. The molecule has 3 unspecified atom stereocenters. The number of esters is 1. The van der Waals surface area contributed by atoms with Gasteiger partial charge in [0, 0.05) is 101 Å². The lowest BCUT2D eigenvalue weighted by molar-refractivity contribution is -0.157. The van der Waals surface area contributed by atoms with Crippen LogP contribution in [0.5, 0.6) is 11.5 Å². The Hall–Kier alpha value is -6.14. The number of aliphatic hydroxyl groups excluding tert-OH is 2. The lowest BCUT2D eigenvalue weighted by Gasteiger charge is -2.38. The van der Waals surface area contributed by atoms with E-state index in [0.29, 0.717) is 58.0 Å². The molecule has 7 aliphatic rings. The maximum atomic E-state index is 14.8. The van der Waals surface area contributed by atoms with E-state index in [1.807, 2.05) is 25.1 Å². The van der Waals surface area contributed by atoms with Crippen LogP contribution in [0.1, 0.15) is 117 Å². The van der Waals surface area contributed by atoms with Gasteiger partial charge in [0.25, 0.3) is 11.7 Å². The van der Waals surface area contributed by atoms with Crippen LogP contribution in [0.3, 0.4) is 0 Å². The highest BCUT2D eigenvalue weighted by Gasteiger charge is 2.54. The van der Waals surface area contributed by atoms with Crippen molar-refractivity contribution in [3.63, 3.8) is 0 Å². The molecule has 2 aromatic rings. The first-order valence-electron chi connectivity index (χ1n) is 25.4. The van der Waals surface area contributed by atoms with Crippen LogP contribution in [0.2, 0.25) is 0 Å². The van der Waals surface area contributed by atoms with Gasteiger partial charge < -0.3 is 50.0 Å². The van der Waals surface area contributed by atoms with E-state index in [4.69, 9.17) is 19.2 Å². The molecule has 9 rings (SSSR count). The molecule has 6 heterocycles. The van der Waals surface area contributed by atoms with Crippen molar-refractivity contribution in [2.24, 2.45) is 22.7 Å². The van der Waals surface area contributed by atoms with Crippen LogP contribution in [0.25, 0.3) is 0 Å². The summed E-state index contributed by atoms with van der Waals surface area (Å²) in [5, 5.41) is 40.7. The third-order valence-electron chi connectivity index (χ3n) is 14.8. The van der Waals surface area contributed by atoms with Gasteiger partial charge in [-0.15, -0.1) is 0 Å². The average Bonchev–Trinajstić information content (AvgIpc) is 3.84.